The van der Waals surface area contributed by atoms with Crippen LogP contribution in [0.2, 0.25) is 0 Å². The minimum absolute atomic E-state index is 0.142. The van der Waals surface area contributed by atoms with Crippen molar-refractivity contribution in [2.24, 2.45) is 5.14 Å². The van der Waals surface area contributed by atoms with Crippen molar-refractivity contribution >= 4 is 44.8 Å². The molecule has 10 nitrogen and oxygen atoms in total. The third-order valence-corrected chi connectivity index (χ3v) is 7.79. The topological polar surface area (TPSA) is 136 Å². The molecular formula is C25H25N3O7S2. The van der Waals surface area contributed by atoms with E-state index < -0.39 is 27.9 Å². The molecule has 1 aromatic heterocycles. The van der Waals surface area contributed by atoms with Gasteiger partial charge in [0.15, 0.2) is 11.5 Å². The van der Waals surface area contributed by atoms with E-state index in [1.165, 1.54) is 54.7 Å². The number of nitrogens with two attached hydrogens (primary N) is 1. The molecule has 194 valence electrons. The molecule has 1 unspecified atom stereocenters. The second-order valence-electron chi connectivity index (χ2n) is 8.24. The van der Waals surface area contributed by atoms with Gasteiger partial charge in [-0.2, -0.15) is 0 Å². The number of nitrogens with zero attached hydrogens (tertiary/aromatic N) is 2. The van der Waals surface area contributed by atoms with Crippen LogP contribution in [-0.2, 0) is 26.0 Å². The highest BCUT2D eigenvalue weighted by Crippen LogP contribution is 2.30. The number of amides is 3. The number of hydrogen-bond acceptors (Lipinski definition) is 8. The van der Waals surface area contributed by atoms with Crippen LogP contribution in [0.25, 0.3) is 0 Å². The first-order valence-corrected chi connectivity index (χ1v) is 13.6. The molecule has 2 heterocycles. The van der Waals surface area contributed by atoms with E-state index in [0.717, 1.165) is 10.5 Å². The molecule has 1 aliphatic rings. The third kappa shape index (κ3) is 5.50. The van der Waals surface area contributed by atoms with Gasteiger partial charge in [0.2, 0.25) is 15.9 Å². The lowest BCUT2D eigenvalue weighted by molar-refractivity contribution is -0.122. The van der Waals surface area contributed by atoms with Crippen LogP contribution in [0, 0.1) is 0 Å². The normalized spacial score (nSPS) is 15.6. The van der Waals surface area contributed by atoms with Gasteiger partial charge in [-0.05, 0) is 59.8 Å². The molecule has 1 fully saturated rings. The molecule has 2 aromatic carbocycles. The predicted octanol–water partition coefficient (Wildman–Crippen LogP) is 2.43. The smallest absolute Gasteiger partial charge is 0.264 e. The summed E-state index contributed by atoms with van der Waals surface area (Å²) >= 11 is 1.25. The first kappa shape index (κ1) is 26.3. The van der Waals surface area contributed by atoms with Crippen molar-refractivity contribution in [3.63, 3.8) is 0 Å². The molecule has 0 radical (unpaired) electrons. The number of ether oxygens (including phenoxy) is 2. The molecule has 2 N–H and O–H groups in total. The Bertz CT molecular complexity index is 1420. The minimum atomic E-state index is -3.93. The van der Waals surface area contributed by atoms with Crippen LogP contribution >= 0.6 is 11.3 Å². The molecule has 4 rings (SSSR count). The Balaban J connectivity index is 1.61. The van der Waals surface area contributed by atoms with Crippen LogP contribution < -0.4 is 19.5 Å². The summed E-state index contributed by atoms with van der Waals surface area (Å²) in [5, 5.41) is 6.90. The van der Waals surface area contributed by atoms with Crippen LogP contribution in [0.4, 0.5) is 5.69 Å². The molecule has 1 saturated heterocycles. The lowest BCUT2D eigenvalue weighted by atomic mass is 10.1. The van der Waals surface area contributed by atoms with Gasteiger partial charge in [-0.15, -0.1) is 11.3 Å². The Labute approximate surface area is 218 Å². The first-order chi connectivity index (χ1) is 17.6. The number of carbonyl (C=O) groups is 3. The fourth-order valence-corrected chi connectivity index (χ4v) is 5.34. The first-order valence-electron chi connectivity index (χ1n) is 11.2. The van der Waals surface area contributed by atoms with E-state index in [1.54, 1.807) is 29.6 Å². The fraction of sp³-hybridized carbons (Fsp3) is 0.240. The summed E-state index contributed by atoms with van der Waals surface area (Å²) in [7, 11) is -0.864. The van der Waals surface area contributed by atoms with Crippen molar-refractivity contribution in [3.8, 4) is 11.5 Å². The Kier molecular flexibility index (Phi) is 7.62. The van der Waals surface area contributed by atoms with E-state index in [2.05, 4.69) is 0 Å². The molecule has 37 heavy (non-hydrogen) atoms. The summed E-state index contributed by atoms with van der Waals surface area (Å²) in [6, 6.07) is 12.9. The van der Waals surface area contributed by atoms with Crippen LogP contribution in [-0.4, -0.2) is 57.8 Å². The number of imide groups is 1. The lowest BCUT2D eigenvalue weighted by Crippen LogP contribution is -2.46. The maximum Gasteiger partial charge on any atom is 0.264 e. The van der Waals surface area contributed by atoms with E-state index in [9.17, 15) is 22.8 Å². The van der Waals surface area contributed by atoms with Gasteiger partial charge in [-0.3, -0.25) is 14.4 Å². The fourth-order valence-electron chi connectivity index (χ4n) is 4.14. The van der Waals surface area contributed by atoms with E-state index in [0.29, 0.717) is 22.8 Å². The van der Waals surface area contributed by atoms with E-state index in [4.69, 9.17) is 14.6 Å². The summed E-state index contributed by atoms with van der Waals surface area (Å²) < 4.78 is 33.8. The standard InChI is InChI=1S/C25H25N3O7S2/c1-34-20-10-5-16(14-21(20)35-2)11-12-27(25(31)22-4-3-13-36-22)19-15-23(29)28(24(19)30)17-6-8-18(9-7-17)37(26,32)33/h3-10,13-14,19H,11-12,15H2,1-2H3,(H2,26,32,33). The minimum Gasteiger partial charge on any atom is -0.493 e. The third-order valence-electron chi connectivity index (χ3n) is 6.00. The molecule has 0 aliphatic carbocycles. The average molecular weight is 544 g/mol. The molecule has 1 atom stereocenters. The van der Waals surface area contributed by atoms with Gasteiger partial charge >= 0.3 is 0 Å². The number of methoxy groups -OCH3 is 2. The SMILES string of the molecule is COc1ccc(CCN(C(=O)c2cccs2)C2CC(=O)N(c3ccc(S(N)(=O)=O)cc3)C2=O)cc1OC. The maximum atomic E-state index is 13.4. The zero-order chi connectivity index (χ0) is 26.7. The summed E-state index contributed by atoms with van der Waals surface area (Å²) in [6.07, 6.45) is 0.206. The Morgan fingerprint density at radius 2 is 1.78 bits per heavy atom. The van der Waals surface area contributed by atoms with Crippen LogP contribution in [0.1, 0.15) is 21.7 Å². The molecule has 1 aliphatic heterocycles. The predicted molar refractivity (Wildman–Crippen MR) is 137 cm³/mol. The van der Waals surface area contributed by atoms with Crippen LogP contribution in [0.3, 0.4) is 0 Å². The summed E-state index contributed by atoms with van der Waals surface area (Å²) in [6.45, 7) is 0.175. The number of sulfonamides is 1. The van der Waals surface area contributed by atoms with E-state index >= 15 is 0 Å². The monoisotopic (exact) mass is 543 g/mol. The van der Waals surface area contributed by atoms with Crippen molar-refractivity contribution in [2.45, 2.75) is 23.8 Å². The van der Waals surface area contributed by atoms with Gasteiger partial charge in [0, 0.05) is 6.54 Å². The van der Waals surface area contributed by atoms with E-state index in [-0.39, 0.29) is 29.5 Å². The Morgan fingerprint density at radius 3 is 2.38 bits per heavy atom. The quantitative estimate of drug-likeness (QED) is 0.409. The highest BCUT2D eigenvalue weighted by molar-refractivity contribution is 7.89. The summed E-state index contributed by atoms with van der Waals surface area (Å²) in [4.78, 5) is 42.5. The number of anilines is 1. The van der Waals surface area contributed by atoms with Crippen molar-refractivity contribution in [2.75, 3.05) is 25.7 Å². The van der Waals surface area contributed by atoms with Gasteiger partial charge in [-0.25, -0.2) is 18.5 Å². The van der Waals surface area contributed by atoms with Gasteiger partial charge < -0.3 is 14.4 Å². The molecule has 12 heteroatoms. The molecular weight excluding hydrogens is 518 g/mol. The number of hydrogen-bond donors (Lipinski definition) is 1. The van der Waals surface area contributed by atoms with Gasteiger partial charge in [-0.1, -0.05) is 12.1 Å². The number of carbonyl (C=O) groups excluding carboxylic acids is 3. The molecule has 3 amide bonds. The van der Waals surface area contributed by atoms with Gasteiger partial charge in [0.05, 0.1) is 36.1 Å². The number of rotatable bonds is 9. The largest absolute Gasteiger partial charge is 0.493 e. The van der Waals surface area contributed by atoms with Gasteiger partial charge in [0.1, 0.15) is 6.04 Å². The Morgan fingerprint density at radius 1 is 1.08 bits per heavy atom. The number of primary sulfonamides is 1. The lowest BCUT2D eigenvalue weighted by Gasteiger charge is -2.27. The average Bonchev–Trinajstić information content (AvgIpc) is 3.52. The number of thiophene rings is 1. The van der Waals surface area contributed by atoms with Crippen LogP contribution in [0.5, 0.6) is 11.5 Å². The number of benzene rings is 2. The van der Waals surface area contributed by atoms with Crippen LogP contribution in [0.15, 0.2) is 64.9 Å². The molecule has 0 bridgehead atoms. The molecule has 0 spiro atoms. The molecule has 0 saturated carbocycles. The van der Waals surface area contributed by atoms with Crippen molar-refractivity contribution in [1.82, 2.24) is 4.90 Å². The zero-order valence-electron chi connectivity index (χ0n) is 20.1. The Hall–Kier alpha value is -3.74. The van der Waals surface area contributed by atoms with Crippen molar-refractivity contribution < 1.29 is 32.3 Å². The highest BCUT2D eigenvalue weighted by Gasteiger charge is 2.44. The zero-order valence-corrected chi connectivity index (χ0v) is 21.8. The second kappa shape index (κ2) is 10.7. The summed E-state index contributed by atoms with van der Waals surface area (Å²) in [5.41, 5.74) is 1.06. The van der Waals surface area contributed by atoms with Crippen molar-refractivity contribution in [1.29, 1.82) is 0 Å². The van der Waals surface area contributed by atoms with E-state index in [1.807, 2.05) is 6.07 Å². The molecule has 3 aromatic rings. The second-order valence-corrected chi connectivity index (χ2v) is 10.8. The highest BCUT2D eigenvalue weighted by atomic mass is 32.2. The van der Waals surface area contributed by atoms with Crippen molar-refractivity contribution in [3.05, 3.63) is 70.4 Å². The summed E-state index contributed by atoms with van der Waals surface area (Å²) in [5.74, 6) is -0.303. The van der Waals surface area contributed by atoms with Gasteiger partial charge in [0.25, 0.3) is 11.8 Å². The maximum absolute atomic E-state index is 13.4.